The van der Waals surface area contributed by atoms with E-state index in [0.29, 0.717) is 0 Å². The first-order chi connectivity index (χ1) is 8.24. The summed E-state index contributed by atoms with van der Waals surface area (Å²) in [6, 6.07) is 0.559. The molecule has 0 unspecified atom stereocenters. The van der Waals surface area contributed by atoms with Crippen LogP contribution in [-0.2, 0) is 30.4 Å². The average molecular weight is 448 g/mol. The van der Waals surface area contributed by atoms with Crippen molar-refractivity contribution < 1.29 is 193 Å². The van der Waals surface area contributed by atoms with Gasteiger partial charge >= 0.3 is 154 Å². The number of nitrogen functional groups attached to an aromatic ring is 1. The Balaban J connectivity index is -0.00000120. The van der Waals surface area contributed by atoms with Crippen LogP contribution in [0.3, 0.4) is 0 Å². The van der Waals surface area contributed by atoms with Crippen molar-refractivity contribution in [2.24, 2.45) is 0 Å². The molecule has 0 aliphatic carbocycles. The minimum absolute atomic E-state index is 0. The molecule has 0 spiro atoms. The van der Waals surface area contributed by atoms with Gasteiger partial charge in [-0.2, -0.15) is 0 Å². The molecule has 2 N–H and O–H groups in total. The van der Waals surface area contributed by atoms with Crippen molar-refractivity contribution in [1.29, 1.82) is 0 Å². The maximum atomic E-state index is 10.9. The predicted molar refractivity (Wildman–Crippen MR) is 54.7 cm³/mol. The van der Waals surface area contributed by atoms with E-state index >= 15 is 0 Å². The first kappa shape index (κ1) is 30.4. The molecule has 1 rings (SSSR count). The van der Waals surface area contributed by atoms with Crippen molar-refractivity contribution in [1.82, 2.24) is 0 Å². The van der Waals surface area contributed by atoms with E-state index in [1.165, 1.54) is 0 Å². The van der Waals surface area contributed by atoms with Gasteiger partial charge in [0.25, 0.3) is 0 Å². The van der Waals surface area contributed by atoms with Gasteiger partial charge < -0.3 is 19.4 Å². The molecule has 108 valence electrons. The van der Waals surface area contributed by atoms with Crippen LogP contribution in [-0.4, -0.2) is 38.9 Å². The second-order valence-electron chi connectivity index (χ2n) is 3.21. The van der Waals surface area contributed by atoms with Gasteiger partial charge in [-0.15, -0.1) is 0 Å². The number of hydrogen-bond acceptors (Lipinski definition) is 10. The van der Waals surface area contributed by atoms with Gasteiger partial charge in [0.1, 0.15) is 30.4 Å². The van der Waals surface area contributed by atoms with E-state index in [9.17, 15) is 38.9 Å². The number of anilines is 1. The van der Waals surface area contributed by atoms with Crippen molar-refractivity contribution in [3.05, 3.63) is 12.1 Å². The molecule has 22 heavy (non-hydrogen) atoms. The van der Waals surface area contributed by atoms with Gasteiger partial charge in [-0.3, -0.25) is 0 Å². The van der Waals surface area contributed by atoms with E-state index < -0.39 is 50.7 Å². The Labute approximate surface area is 254 Å². The molecule has 0 radical (unpaired) electrons. The Morgan fingerprint density at radius 2 is 0.955 bits per heavy atom. The van der Waals surface area contributed by atoms with Crippen LogP contribution in [0.1, 0.15) is 0 Å². The molecule has 0 aliphatic heterocycles. The summed E-state index contributed by atoms with van der Waals surface area (Å²) in [4.78, 5) is -5.29. The van der Waals surface area contributed by atoms with E-state index in [-0.39, 0.29) is 166 Å². The van der Waals surface area contributed by atoms with Gasteiger partial charge in [-0.1, -0.05) is 0 Å². The van der Waals surface area contributed by atoms with Crippen LogP contribution in [0.4, 0.5) is 5.69 Å². The van der Waals surface area contributed by atoms with Crippen LogP contribution >= 0.6 is 0 Å². The summed E-state index contributed by atoms with van der Waals surface area (Å²) in [7, 11) is -16.8. The molecule has 1 aromatic carbocycles. The second-order valence-corrected chi connectivity index (χ2v) is 7.22. The zero-order valence-corrected chi connectivity index (χ0v) is 23.4. The van der Waals surface area contributed by atoms with Crippen molar-refractivity contribution >= 4 is 36.0 Å². The minimum atomic E-state index is -5.71. The second kappa shape index (κ2) is 10.9. The van der Waals surface area contributed by atoms with Gasteiger partial charge in [-0.05, 0) is 12.1 Å². The number of benzene rings is 1. The molecule has 1 aromatic rings. The van der Waals surface area contributed by atoms with Crippen molar-refractivity contribution in [3.8, 4) is 0 Å². The maximum absolute atomic E-state index is 10.9. The van der Waals surface area contributed by atoms with Gasteiger partial charge in [0.2, 0.25) is 0 Å². The Bertz CT molecular complexity index is 794. The summed E-state index contributed by atoms with van der Waals surface area (Å²) in [5.74, 6) is 0. The van der Waals surface area contributed by atoms with Gasteiger partial charge in [0, 0.05) is 5.69 Å². The largest absolute Gasteiger partial charge is 1.00 e. The average Bonchev–Trinajstić information content (AvgIpc) is 2.11. The van der Waals surface area contributed by atoms with Crippen molar-refractivity contribution in [2.75, 3.05) is 5.73 Å². The molecule has 0 heterocycles. The SMILES string of the molecule is Nc1cc(S(=O)(=O)[O-])c(S(=O)(=O)[O-])c(S(=O)(=O)[O-])c1.[K+].[K+].[K+]. The van der Waals surface area contributed by atoms with E-state index in [4.69, 9.17) is 5.73 Å². The molecule has 10 nitrogen and oxygen atoms in total. The molecule has 0 bridgehead atoms. The summed E-state index contributed by atoms with van der Waals surface area (Å²) in [5, 5.41) is 0. The topological polar surface area (TPSA) is 198 Å². The molecular weight excluding hydrogens is 444 g/mol. The molecule has 0 saturated heterocycles. The van der Waals surface area contributed by atoms with Crippen LogP contribution in [0.15, 0.2) is 26.8 Å². The minimum Gasteiger partial charge on any atom is -0.744 e. The number of hydrogen-bond donors (Lipinski definition) is 1. The van der Waals surface area contributed by atoms with Gasteiger partial charge in [-0.25, -0.2) is 25.3 Å². The van der Waals surface area contributed by atoms with Gasteiger partial charge in [0.05, 0.1) is 14.7 Å². The predicted octanol–water partition coefficient (Wildman–Crippen LogP) is -11.0. The smallest absolute Gasteiger partial charge is 0.744 e. The molecule has 0 atom stereocenters. The zero-order chi connectivity index (χ0) is 15.2. The summed E-state index contributed by atoms with van der Waals surface area (Å²) in [5.41, 5.74) is 4.38. The molecule has 0 aromatic heterocycles. The van der Waals surface area contributed by atoms with Crippen molar-refractivity contribution in [2.45, 2.75) is 14.7 Å². The van der Waals surface area contributed by atoms with E-state index in [2.05, 4.69) is 0 Å². The molecular formula is C6H4K3NO9S3. The number of nitrogens with two attached hydrogens (primary N) is 1. The van der Waals surface area contributed by atoms with E-state index in [1.807, 2.05) is 0 Å². The maximum Gasteiger partial charge on any atom is 1.00 e. The third kappa shape index (κ3) is 8.57. The van der Waals surface area contributed by atoms with E-state index in [0.717, 1.165) is 0 Å². The molecule has 16 heteroatoms. The summed E-state index contributed by atoms with van der Waals surface area (Å²) < 4.78 is 97.6. The zero-order valence-electron chi connectivity index (χ0n) is 11.6. The summed E-state index contributed by atoms with van der Waals surface area (Å²) in [6.07, 6.45) is 0. The van der Waals surface area contributed by atoms with Gasteiger partial charge in [0.15, 0.2) is 0 Å². The standard InChI is InChI=1S/C6H7NO9S3.3K/c7-3-1-4(17(8,9)10)6(19(14,15)16)5(2-3)18(11,12)13;;;/h1-2H,7H2,(H,8,9,10)(H,11,12,13)(H,14,15,16);;;/q;3*+1/p-3. The quantitative estimate of drug-likeness (QED) is 0.263. The first-order valence-corrected chi connectivity index (χ1v) is 8.28. The van der Waals surface area contributed by atoms with Crippen LogP contribution in [0.5, 0.6) is 0 Å². The Kier molecular flexibility index (Phi) is 15.0. The first-order valence-electron chi connectivity index (χ1n) is 4.06. The van der Waals surface area contributed by atoms with Crippen LogP contribution in [0, 0.1) is 0 Å². The molecule has 0 aliphatic rings. The van der Waals surface area contributed by atoms with Crippen LogP contribution in [0.2, 0.25) is 0 Å². The monoisotopic (exact) mass is 447 g/mol. The Hall–Kier alpha value is 3.66. The third-order valence-electron chi connectivity index (χ3n) is 1.83. The fourth-order valence-electron chi connectivity index (χ4n) is 1.21. The van der Waals surface area contributed by atoms with Crippen molar-refractivity contribution in [3.63, 3.8) is 0 Å². The fourth-order valence-corrected chi connectivity index (χ4v) is 4.35. The molecule has 0 saturated carbocycles. The Morgan fingerprint density at radius 3 is 1.14 bits per heavy atom. The van der Waals surface area contributed by atoms with Crippen LogP contribution < -0.4 is 160 Å². The summed E-state index contributed by atoms with van der Waals surface area (Å²) in [6.45, 7) is 0. The number of rotatable bonds is 3. The Morgan fingerprint density at radius 1 is 0.682 bits per heavy atom. The van der Waals surface area contributed by atoms with E-state index in [1.54, 1.807) is 0 Å². The molecule has 0 fully saturated rings. The van der Waals surface area contributed by atoms with Crippen LogP contribution in [0.25, 0.3) is 0 Å². The normalized spacial score (nSPS) is 11.6. The third-order valence-corrected chi connectivity index (χ3v) is 4.75. The summed E-state index contributed by atoms with van der Waals surface area (Å²) >= 11 is 0. The molecule has 0 amide bonds. The fraction of sp³-hybridized carbons (Fsp3) is 0.